The summed E-state index contributed by atoms with van der Waals surface area (Å²) >= 11 is 0. The summed E-state index contributed by atoms with van der Waals surface area (Å²) in [5, 5.41) is 7.13. The summed E-state index contributed by atoms with van der Waals surface area (Å²) in [4.78, 5) is 14.1. The van der Waals surface area contributed by atoms with Crippen LogP contribution in [0.2, 0.25) is 0 Å². The van der Waals surface area contributed by atoms with Gasteiger partial charge in [0.05, 0.1) is 32.9 Å². The van der Waals surface area contributed by atoms with Gasteiger partial charge in [0, 0.05) is 38.9 Å². The second kappa shape index (κ2) is 6.64. The maximum atomic E-state index is 12.4. The highest BCUT2D eigenvalue weighted by atomic mass is 16.6. The van der Waals surface area contributed by atoms with Gasteiger partial charge in [-0.05, 0) is 0 Å². The van der Waals surface area contributed by atoms with Crippen LogP contribution in [-0.4, -0.2) is 72.9 Å². The molecule has 0 aliphatic carbocycles. The number of morpholine rings is 1. The molecular formula is C14H22N4O4. The van der Waals surface area contributed by atoms with Gasteiger partial charge in [-0.25, -0.2) is 4.79 Å². The molecule has 3 heterocycles. The first-order chi connectivity index (χ1) is 10.7. The molecule has 8 heteroatoms. The summed E-state index contributed by atoms with van der Waals surface area (Å²) in [6.07, 6.45) is 2.66. The fourth-order valence-electron chi connectivity index (χ4n) is 2.77. The van der Waals surface area contributed by atoms with Crippen LogP contribution in [0.5, 0.6) is 0 Å². The number of carbonyl (C=O) groups is 1. The number of aromatic nitrogens is 2. The lowest BCUT2D eigenvalue weighted by Crippen LogP contribution is -2.55. The van der Waals surface area contributed by atoms with E-state index in [1.54, 1.807) is 22.8 Å². The molecule has 2 aliphatic heterocycles. The van der Waals surface area contributed by atoms with E-state index in [2.05, 4.69) is 10.4 Å². The lowest BCUT2D eigenvalue weighted by Gasteiger charge is -2.39. The van der Waals surface area contributed by atoms with Crippen molar-refractivity contribution >= 4 is 11.8 Å². The fraction of sp³-hybridized carbons (Fsp3) is 0.714. The standard InChI is InChI=1S/C14H22N4O4/c1-20-8-6-18-4-2-12(16-18)15-13(19)17-5-9-22-14(10-17)3-7-21-11-14/h2,4H,3,5-11H2,1H3,(H,15,16,19). The molecule has 8 nitrogen and oxygen atoms in total. The first-order valence-electron chi connectivity index (χ1n) is 7.51. The Bertz CT molecular complexity index is 513. The zero-order valence-corrected chi connectivity index (χ0v) is 12.8. The molecule has 2 aliphatic rings. The van der Waals surface area contributed by atoms with Crippen molar-refractivity contribution in [1.29, 1.82) is 0 Å². The maximum absolute atomic E-state index is 12.4. The Morgan fingerprint density at radius 2 is 2.45 bits per heavy atom. The Labute approximate surface area is 129 Å². The Morgan fingerprint density at radius 1 is 1.55 bits per heavy atom. The van der Waals surface area contributed by atoms with Crippen LogP contribution in [-0.2, 0) is 20.8 Å². The zero-order chi connectivity index (χ0) is 15.4. The van der Waals surface area contributed by atoms with Gasteiger partial charge in [-0.2, -0.15) is 5.10 Å². The molecule has 0 aromatic carbocycles. The molecule has 1 spiro atoms. The molecule has 2 saturated heterocycles. The number of urea groups is 1. The second-order valence-corrected chi connectivity index (χ2v) is 5.64. The van der Waals surface area contributed by atoms with Gasteiger partial charge in [0.1, 0.15) is 5.60 Å². The minimum Gasteiger partial charge on any atom is -0.383 e. The molecule has 1 aromatic heterocycles. The first-order valence-corrected chi connectivity index (χ1v) is 7.51. The van der Waals surface area contributed by atoms with Gasteiger partial charge in [0.2, 0.25) is 0 Å². The van der Waals surface area contributed by atoms with E-state index in [9.17, 15) is 4.79 Å². The zero-order valence-electron chi connectivity index (χ0n) is 12.8. The second-order valence-electron chi connectivity index (χ2n) is 5.64. The van der Waals surface area contributed by atoms with E-state index < -0.39 is 0 Å². The molecule has 0 bridgehead atoms. The smallest absolute Gasteiger partial charge is 0.323 e. The van der Waals surface area contributed by atoms with E-state index in [1.807, 2.05) is 6.20 Å². The molecule has 0 saturated carbocycles. The van der Waals surface area contributed by atoms with Crippen LogP contribution >= 0.6 is 0 Å². The topological polar surface area (TPSA) is 77.9 Å². The molecular weight excluding hydrogens is 288 g/mol. The minimum absolute atomic E-state index is 0.147. The molecule has 1 atom stereocenters. The Balaban J connectivity index is 1.56. The van der Waals surface area contributed by atoms with Crippen molar-refractivity contribution in [3.8, 4) is 0 Å². The number of hydrogen-bond acceptors (Lipinski definition) is 5. The molecule has 2 amide bonds. The third-order valence-corrected chi connectivity index (χ3v) is 4.00. The van der Waals surface area contributed by atoms with Gasteiger partial charge in [-0.3, -0.25) is 10.00 Å². The summed E-state index contributed by atoms with van der Waals surface area (Å²) < 4.78 is 18.0. The number of nitrogens with zero attached hydrogens (tertiary/aromatic N) is 3. The van der Waals surface area contributed by atoms with Gasteiger partial charge in [-0.1, -0.05) is 0 Å². The van der Waals surface area contributed by atoms with Gasteiger partial charge < -0.3 is 19.1 Å². The highest BCUT2D eigenvalue weighted by molar-refractivity contribution is 5.88. The van der Waals surface area contributed by atoms with E-state index in [-0.39, 0.29) is 11.6 Å². The summed E-state index contributed by atoms with van der Waals surface area (Å²) in [5.74, 6) is 0.546. The van der Waals surface area contributed by atoms with E-state index >= 15 is 0 Å². The average molecular weight is 310 g/mol. The largest absolute Gasteiger partial charge is 0.383 e. The first kappa shape index (κ1) is 15.3. The number of methoxy groups -OCH3 is 1. The third kappa shape index (κ3) is 3.40. The molecule has 1 unspecified atom stereocenters. The van der Waals surface area contributed by atoms with E-state index in [0.717, 1.165) is 6.42 Å². The number of hydrogen-bond donors (Lipinski definition) is 1. The van der Waals surface area contributed by atoms with Crippen LogP contribution in [0, 0.1) is 0 Å². The van der Waals surface area contributed by atoms with Crippen LogP contribution in [0.15, 0.2) is 12.3 Å². The number of rotatable bonds is 4. The van der Waals surface area contributed by atoms with Crippen molar-refractivity contribution in [3.05, 3.63) is 12.3 Å². The summed E-state index contributed by atoms with van der Waals surface area (Å²) in [5.41, 5.74) is -0.326. The van der Waals surface area contributed by atoms with Gasteiger partial charge in [0.15, 0.2) is 5.82 Å². The van der Waals surface area contributed by atoms with Crippen molar-refractivity contribution in [3.63, 3.8) is 0 Å². The Kier molecular flexibility index (Phi) is 4.60. The number of amides is 2. The fourth-order valence-corrected chi connectivity index (χ4v) is 2.77. The van der Waals surface area contributed by atoms with E-state index in [1.165, 1.54) is 0 Å². The molecule has 1 aromatic rings. The Morgan fingerprint density at radius 3 is 3.23 bits per heavy atom. The van der Waals surface area contributed by atoms with Crippen LogP contribution < -0.4 is 5.32 Å². The van der Waals surface area contributed by atoms with Crippen molar-refractivity contribution in [1.82, 2.24) is 14.7 Å². The predicted molar refractivity (Wildman–Crippen MR) is 78.8 cm³/mol. The number of nitrogens with one attached hydrogen (secondary N) is 1. The Hall–Kier alpha value is -1.64. The van der Waals surface area contributed by atoms with Crippen molar-refractivity contribution < 1.29 is 19.0 Å². The van der Waals surface area contributed by atoms with Crippen LogP contribution in [0.25, 0.3) is 0 Å². The normalized spacial score (nSPS) is 24.9. The van der Waals surface area contributed by atoms with Gasteiger partial charge >= 0.3 is 6.03 Å². The van der Waals surface area contributed by atoms with Crippen molar-refractivity contribution in [2.75, 3.05) is 51.9 Å². The quantitative estimate of drug-likeness (QED) is 0.879. The molecule has 1 N–H and O–H groups in total. The van der Waals surface area contributed by atoms with Gasteiger partial charge in [-0.15, -0.1) is 0 Å². The summed E-state index contributed by atoms with van der Waals surface area (Å²) in [6.45, 7) is 4.17. The maximum Gasteiger partial charge on any atom is 0.323 e. The molecule has 22 heavy (non-hydrogen) atoms. The molecule has 0 radical (unpaired) electrons. The average Bonchev–Trinajstić information content (AvgIpc) is 3.15. The lowest BCUT2D eigenvalue weighted by atomic mass is 10.0. The lowest BCUT2D eigenvalue weighted by molar-refractivity contribution is -0.0964. The molecule has 3 rings (SSSR count). The van der Waals surface area contributed by atoms with Gasteiger partial charge in [0.25, 0.3) is 0 Å². The SMILES string of the molecule is COCCn1ccc(NC(=O)N2CCOC3(CCOC3)C2)n1. The van der Waals surface area contributed by atoms with Crippen LogP contribution in [0.4, 0.5) is 10.6 Å². The van der Waals surface area contributed by atoms with Crippen molar-refractivity contribution in [2.45, 2.75) is 18.6 Å². The highest BCUT2D eigenvalue weighted by Crippen LogP contribution is 2.27. The van der Waals surface area contributed by atoms with Crippen molar-refractivity contribution in [2.24, 2.45) is 0 Å². The van der Waals surface area contributed by atoms with E-state index in [0.29, 0.717) is 51.9 Å². The monoisotopic (exact) mass is 310 g/mol. The minimum atomic E-state index is -0.326. The molecule has 122 valence electrons. The highest BCUT2D eigenvalue weighted by Gasteiger charge is 2.41. The number of ether oxygens (including phenoxy) is 3. The number of carbonyl (C=O) groups excluding carboxylic acids is 1. The number of anilines is 1. The van der Waals surface area contributed by atoms with Crippen LogP contribution in [0.1, 0.15) is 6.42 Å². The third-order valence-electron chi connectivity index (χ3n) is 4.00. The molecule has 2 fully saturated rings. The van der Waals surface area contributed by atoms with Crippen LogP contribution in [0.3, 0.4) is 0 Å². The predicted octanol–water partition coefficient (Wildman–Crippen LogP) is 0.553. The summed E-state index contributed by atoms with van der Waals surface area (Å²) in [7, 11) is 1.65. The summed E-state index contributed by atoms with van der Waals surface area (Å²) in [6, 6.07) is 1.63. The van der Waals surface area contributed by atoms with E-state index in [4.69, 9.17) is 14.2 Å².